The maximum absolute atomic E-state index is 13.7. The van der Waals surface area contributed by atoms with Gasteiger partial charge in [0.2, 0.25) is 0 Å². The Kier molecular flexibility index (Phi) is 5.33. The van der Waals surface area contributed by atoms with Gasteiger partial charge in [-0.15, -0.1) is 0 Å². The van der Waals surface area contributed by atoms with Crippen molar-refractivity contribution >= 4 is 29.0 Å². The zero-order chi connectivity index (χ0) is 24.2. The minimum absolute atomic E-state index is 0.00421. The van der Waals surface area contributed by atoms with Crippen molar-refractivity contribution in [3.8, 4) is 17.2 Å². The van der Waals surface area contributed by atoms with Gasteiger partial charge in [0.25, 0.3) is 0 Å². The van der Waals surface area contributed by atoms with Crippen LogP contribution < -0.4 is 10.1 Å². The first kappa shape index (κ1) is 22.6. The molecule has 0 amide bonds. The molecule has 33 heavy (non-hydrogen) atoms. The number of nitrogens with one attached hydrogen (secondary N) is 1. The van der Waals surface area contributed by atoms with Gasteiger partial charge in [0, 0.05) is 28.9 Å². The number of hydrogen-bond donors (Lipinski definition) is 3. The topological polar surface area (TPSA) is 113 Å². The summed E-state index contributed by atoms with van der Waals surface area (Å²) in [6.07, 6.45) is 1.19. The molecule has 0 radical (unpaired) electrons. The second-order valence-corrected chi connectivity index (χ2v) is 8.80. The fourth-order valence-electron chi connectivity index (χ4n) is 4.29. The van der Waals surface area contributed by atoms with E-state index in [0.717, 1.165) is 5.56 Å². The van der Waals surface area contributed by atoms with E-state index in [2.05, 4.69) is 5.32 Å². The summed E-state index contributed by atoms with van der Waals surface area (Å²) < 4.78 is 5.76. The Morgan fingerprint density at radius 3 is 2.36 bits per heavy atom. The van der Waals surface area contributed by atoms with Crippen LogP contribution in [-0.2, 0) is 21.5 Å². The van der Waals surface area contributed by atoms with E-state index < -0.39 is 28.5 Å². The molecule has 0 saturated heterocycles. The van der Waals surface area contributed by atoms with Gasteiger partial charge in [-0.25, -0.2) is 0 Å². The highest BCUT2D eigenvalue weighted by Crippen LogP contribution is 2.57. The van der Waals surface area contributed by atoms with Crippen LogP contribution in [0.15, 0.2) is 47.4 Å². The predicted molar refractivity (Wildman–Crippen MR) is 122 cm³/mol. The van der Waals surface area contributed by atoms with Gasteiger partial charge in [0.15, 0.2) is 17.3 Å². The van der Waals surface area contributed by atoms with E-state index in [9.17, 15) is 24.6 Å². The minimum Gasteiger partial charge on any atom is -0.507 e. The quantitative estimate of drug-likeness (QED) is 0.353. The van der Waals surface area contributed by atoms with Crippen molar-refractivity contribution in [3.05, 3.63) is 74.6 Å². The SMILES string of the molecule is CC(=O)c1c(O)c(C)c(O)c2c1OC1=CC(=O)C(=C(C)NCc3ccc(Cl)cc3)C(=O)[C@@]12C. The first-order valence-electron chi connectivity index (χ1n) is 10.3. The van der Waals surface area contributed by atoms with Crippen LogP contribution in [0.4, 0.5) is 0 Å². The van der Waals surface area contributed by atoms with Crippen LogP contribution in [0.3, 0.4) is 0 Å². The fourth-order valence-corrected chi connectivity index (χ4v) is 4.41. The molecule has 1 heterocycles. The normalized spacial score (nSPS) is 20.6. The molecular formula is C25H22ClNO6. The van der Waals surface area contributed by atoms with Gasteiger partial charge >= 0.3 is 0 Å². The van der Waals surface area contributed by atoms with E-state index >= 15 is 0 Å². The molecule has 0 spiro atoms. The molecule has 4 rings (SSSR count). The third-order valence-electron chi connectivity index (χ3n) is 6.23. The lowest BCUT2D eigenvalue weighted by molar-refractivity contribution is -0.123. The summed E-state index contributed by atoms with van der Waals surface area (Å²) in [5.74, 6) is -2.49. The highest BCUT2D eigenvalue weighted by atomic mass is 35.5. The largest absolute Gasteiger partial charge is 0.507 e. The summed E-state index contributed by atoms with van der Waals surface area (Å²) in [4.78, 5) is 38.9. The Bertz CT molecular complexity index is 1310. The second-order valence-electron chi connectivity index (χ2n) is 8.37. The third kappa shape index (κ3) is 3.31. The fraction of sp³-hybridized carbons (Fsp3) is 0.240. The molecule has 170 valence electrons. The monoisotopic (exact) mass is 467 g/mol. The molecule has 0 saturated carbocycles. The van der Waals surface area contributed by atoms with Gasteiger partial charge in [0.1, 0.15) is 34.0 Å². The molecule has 0 fully saturated rings. The number of allylic oxidation sites excluding steroid dienone is 4. The van der Waals surface area contributed by atoms with Gasteiger partial charge < -0.3 is 20.3 Å². The summed E-state index contributed by atoms with van der Waals surface area (Å²) in [6, 6.07) is 7.14. The van der Waals surface area contributed by atoms with E-state index in [0.29, 0.717) is 17.3 Å². The first-order valence-corrected chi connectivity index (χ1v) is 10.6. The van der Waals surface area contributed by atoms with E-state index in [1.165, 1.54) is 26.8 Å². The maximum Gasteiger partial charge on any atom is 0.194 e. The third-order valence-corrected chi connectivity index (χ3v) is 6.48. The number of hydrogen-bond acceptors (Lipinski definition) is 7. The van der Waals surface area contributed by atoms with Crippen molar-refractivity contribution in [1.29, 1.82) is 0 Å². The number of phenols is 2. The Morgan fingerprint density at radius 2 is 1.76 bits per heavy atom. The summed E-state index contributed by atoms with van der Waals surface area (Å²) in [6.45, 7) is 6.21. The Morgan fingerprint density at radius 1 is 1.12 bits per heavy atom. The molecule has 2 aromatic rings. The number of ketones is 3. The lowest BCUT2D eigenvalue weighted by atomic mass is 9.70. The number of aromatic hydroxyl groups is 2. The zero-order valence-electron chi connectivity index (χ0n) is 18.5. The molecule has 0 aromatic heterocycles. The van der Waals surface area contributed by atoms with Gasteiger partial charge in [-0.2, -0.15) is 0 Å². The average molecular weight is 468 g/mol. The van der Waals surface area contributed by atoms with Crippen LogP contribution in [0.2, 0.25) is 5.02 Å². The van der Waals surface area contributed by atoms with Crippen LogP contribution in [-0.4, -0.2) is 27.6 Å². The number of halogens is 1. The Hall–Kier alpha value is -3.58. The van der Waals surface area contributed by atoms with Crippen LogP contribution >= 0.6 is 11.6 Å². The van der Waals surface area contributed by atoms with Crippen LogP contribution in [0, 0.1) is 6.92 Å². The molecule has 2 aliphatic rings. The number of rotatable bonds is 4. The zero-order valence-corrected chi connectivity index (χ0v) is 19.3. The number of carbonyl (C=O) groups excluding carboxylic acids is 3. The summed E-state index contributed by atoms with van der Waals surface area (Å²) in [7, 11) is 0. The van der Waals surface area contributed by atoms with Crippen molar-refractivity contribution in [2.24, 2.45) is 0 Å². The summed E-state index contributed by atoms with van der Waals surface area (Å²) in [5.41, 5.74) is -0.350. The first-order chi connectivity index (χ1) is 15.5. The highest BCUT2D eigenvalue weighted by molar-refractivity contribution is 6.31. The molecule has 8 heteroatoms. The summed E-state index contributed by atoms with van der Waals surface area (Å²) >= 11 is 5.91. The smallest absolute Gasteiger partial charge is 0.194 e. The van der Waals surface area contributed by atoms with Crippen molar-refractivity contribution in [2.45, 2.75) is 39.7 Å². The molecule has 1 aliphatic heterocycles. The lowest BCUT2D eigenvalue weighted by Gasteiger charge is -2.29. The van der Waals surface area contributed by atoms with Gasteiger partial charge in [-0.3, -0.25) is 14.4 Å². The highest BCUT2D eigenvalue weighted by Gasteiger charge is 2.56. The van der Waals surface area contributed by atoms with Gasteiger partial charge in [0.05, 0.1) is 11.1 Å². The number of fused-ring (bicyclic) bond motifs is 3. The van der Waals surface area contributed by atoms with Crippen molar-refractivity contribution in [1.82, 2.24) is 5.32 Å². The van der Waals surface area contributed by atoms with Crippen molar-refractivity contribution in [3.63, 3.8) is 0 Å². The average Bonchev–Trinajstić information content (AvgIpc) is 3.04. The van der Waals surface area contributed by atoms with Gasteiger partial charge in [-0.05, 0) is 45.4 Å². The van der Waals surface area contributed by atoms with E-state index in [4.69, 9.17) is 16.3 Å². The number of ether oxygens (including phenoxy) is 1. The van der Waals surface area contributed by atoms with Crippen LogP contribution in [0.25, 0.3) is 0 Å². The van der Waals surface area contributed by atoms with Crippen LogP contribution in [0.5, 0.6) is 17.2 Å². The molecule has 2 aromatic carbocycles. The molecular weight excluding hydrogens is 446 g/mol. The molecule has 0 unspecified atom stereocenters. The maximum atomic E-state index is 13.7. The number of phenolic OH excluding ortho intramolecular Hbond substituents is 2. The number of Topliss-reactive ketones (excluding diaryl/α,β-unsaturated/α-hetero) is 2. The summed E-state index contributed by atoms with van der Waals surface area (Å²) in [5, 5.41) is 25.0. The van der Waals surface area contributed by atoms with Gasteiger partial charge in [-0.1, -0.05) is 23.7 Å². The molecule has 3 N–H and O–H groups in total. The lowest BCUT2D eigenvalue weighted by Crippen LogP contribution is -2.41. The molecule has 1 aliphatic carbocycles. The van der Waals surface area contributed by atoms with Crippen molar-refractivity contribution < 1.29 is 29.3 Å². The van der Waals surface area contributed by atoms with E-state index in [1.807, 2.05) is 12.1 Å². The second kappa shape index (κ2) is 7.78. The predicted octanol–water partition coefficient (Wildman–Crippen LogP) is 4.01. The molecule has 0 bridgehead atoms. The molecule has 7 nitrogen and oxygen atoms in total. The number of benzene rings is 2. The van der Waals surface area contributed by atoms with Crippen LogP contribution in [0.1, 0.15) is 47.8 Å². The Labute approximate surface area is 195 Å². The standard InChI is InChI=1S/C25H22ClNO6/c1-11-21(30)19(13(3)28)23-20(22(11)31)25(4)17(33-23)9-16(29)18(24(25)32)12(2)27-10-14-5-7-15(26)8-6-14/h5-9,27,30-31H,10H2,1-4H3/t25-/m0/s1. The Balaban J connectivity index is 1.82. The minimum atomic E-state index is -1.53. The number of carbonyl (C=O) groups is 3. The molecule has 1 atom stereocenters. The van der Waals surface area contributed by atoms with E-state index in [1.54, 1.807) is 19.1 Å². The van der Waals surface area contributed by atoms with E-state index in [-0.39, 0.29) is 39.5 Å². The van der Waals surface area contributed by atoms with Crippen molar-refractivity contribution in [2.75, 3.05) is 0 Å².